The largest absolute Gasteiger partial charge is 0.0885 e. The molecule has 0 amide bonds. The number of rotatable bonds is 0. The van der Waals surface area contributed by atoms with Gasteiger partial charge in [0, 0.05) is 0 Å². The van der Waals surface area contributed by atoms with E-state index in [4.69, 9.17) is 0 Å². The number of hydrogen-bond acceptors (Lipinski definition) is 0. The quantitative estimate of drug-likeness (QED) is 0.489. The average Bonchev–Trinajstić information content (AvgIpc) is 2.22. The highest BCUT2D eigenvalue weighted by Crippen LogP contribution is 2.03. The minimum absolute atomic E-state index is 1.16. The molecule has 0 aliphatic heterocycles. The minimum Gasteiger partial charge on any atom is -0.0885 e. The Labute approximate surface area is 87.7 Å². The molecule has 1 aliphatic rings. The zero-order valence-electron chi connectivity index (χ0n) is 8.86. The van der Waals surface area contributed by atoms with E-state index in [0.717, 1.165) is 6.42 Å². The molecule has 0 fully saturated rings. The molecule has 0 N–H and O–H groups in total. The summed E-state index contributed by atoms with van der Waals surface area (Å²) in [7, 11) is 0. The predicted octanol–water partition coefficient (Wildman–Crippen LogP) is 4.57. The molecule has 1 rings (SSSR count). The molecule has 0 heteroatoms. The summed E-state index contributed by atoms with van der Waals surface area (Å²) in [5.74, 6) is 0. The molecule has 0 radical (unpaired) electrons. The Kier molecular flexibility index (Phi) is 6.74. The van der Waals surface area contributed by atoms with E-state index in [2.05, 4.69) is 48.6 Å². The van der Waals surface area contributed by atoms with E-state index in [9.17, 15) is 0 Å². The van der Waals surface area contributed by atoms with Crippen molar-refractivity contribution in [2.24, 2.45) is 0 Å². The average molecular weight is 188 g/mol. The first-order chi connectivity index (χ1) is 7.00. The molecular weight excluding hydrogens is 168 g/mol. The van der Waals surface area contributed by atoms with Crippen LogP contribution in [0.5, 0.6) is 0 Å². The van der Waals surface area contributed by atoms with Gasteiger partial charge in [0.1, 0.15) is 0 Å². The summed E-state index contributed by atoms with van der Waals surface area (Å²) in [5.41, 5.74) is 0. The highest BCUT2D eigenvalue weighted by Gasteiger charge is 1.83. The molecule has 1 aliphatic carbocycles. The van der Waals surface area contributed by atoms with Gasteiger partial charge in [-0.25, -0.2) is 0 Å². The van der Waals surface area contributed by atoms with Gasteiger partial charge in [-0.1, -0.05) is 48.6 Å². The molecule has 0 nitrogen and oxygen atoms in total. The molecule has 0 bridgehead atoms. The van der Waals surface area contributed by atoms with E-state index >= 15 is 0 Å². The maximum atomic E-state index is 2.32. The van der Waals surface area contributed by atoms with Crippen molar-refractivity contribution in [1.29, 1.82) is 0 Å². The lowest BCUT2D eigenvalue weighted by molar-refractivity contribution is 0.760. The molecule has 0 aromatic carbocycles. The van der Waals surface area contributed by atoms with Crippen molar-refractivity contribution in [1.82, 2.24) is 0 Å². The summed E-state index contributed by atoms with van der Waals surface area (Å²) in [6.07, 6.45) is 25.0. The third kappa shape index (κ3) is 6.47. The normalized spacial score (nSPS) is 24.0. The van der Waals surface area contributed by atoms with Gasteiger partial charge in [0.2, 0.25) is 0 Å². The highest BCUT2D eigenvalue weighted by atomic mass is 13.9. The van der Waals surface area contributed by atoms with Crippen LogP contribution in [-0.2, 0) is 0 Å². The van der Waals surface area contributed by atoms with Crippen molar-refractivity contribution in [3.63, 3.8) is 0 Å². The summed E-state index contributed by atoms with van der Waals surface area (Å²) in [5, 5.41) is 0. The van der Waals surface area contributed by atoms with Gasteiger partial charge >= 0.3 is 0 Å². The van der Waals surface area contributed by atoms with Gasteiger partial charge in [0.05, 0.1) is 0 Å². The standard InChI is InChI=1S/C14H20/c1-2-4-6-8-10-12-14-13-11-9-7-5-3-1/h1-6,11,13H,7-10,12,14H2/b2-1?,5-3-,6-4?,13-11-. The fourth-order valence-corrected chi connectivity index (χ4v) is 1.43. The lowest BCUT2D eigenvalue weighted by Crippen LogP contribution is -1.73. The summed E-state index contributed by atoms with van der Waals surface area (Å²) >= 11 is 0. The lowest BCUT2D eigenvalue weighted by Gasteiger charge is -1.93. The summed E-state index contributed by atoms with van der Waals surface area (Å²) in [4.78, 5) is 0. The molecule has 0 saturated heterocycles. The Morgan fingerprint density at radius 2 is 0.929 bits per heavy atom. The summed E-state index contributed by atoms with van der Waals surface area (Å²) in [6, 6.07) is 0. The van der Waals surface area contributed by atoms with Crippen LogP contribution in [0, 0.1) is 0 Å². The first-order valence-electron chi connectivity index (χ1n) is 5.63. The van der Waals surface area contributed by atoms with Gasteiger partial charge in [-0.15, -0.1) is 0 Å². The minimum atomic E-state index is 1.16. The summed E-state index contributed by atoms with van der Waals surface area (Å²) in [6.45, 7) is 0. The Hall–Kier alpha value is -1.04. The zero-order valence-corrected chi connectivity index (χ0v) is 8.86. The number of hydrogen-bond donors (Lipinski definition) is 0. The second kappa shape index (κ2) is 8.55. The van der Waals surface area contributed by atoms with E-state index in [0.29, 0.717) is 0 Å². The van der Waals surface area contributed by atoms with Crippen LogP contribution >= 0.6 is 0 Å². The van der Waals surface area contributed by atoms with Gasteiger partial charge < -0.3 is 0 Å². The lowest BCUT2D eigenvalue weighted by atomic mass is 10.1. The SMILES string of the molecule is C1=C/C=C\CC/C=C\CCCCC=C1. The second-order valence-electron chi connectivity index (χ2n) is 3.57. The molecule has 76 valence electrons. The van der Waals surface area contributed by atoms with Gasteiger partial charge in [0.15, 0.2) is 0 Å². The Morgan fingerprint density at radius 3 is 1.71 bits per heavy atom. The predicted molar refractivity (Wildman–Crippen MR) is 64.3 cm³/mol. The second-order valence-corrected chi connectivity index (χ2v) is 3.57. The molecule has 14 heavy (non-hydrogen) atoms. The van der Waals surface area contributed by atoms with Gasteiger partial charge in [-0.05, 0) is 38.5 Å². The number of allylic oxidation sites excluding steroid dienone is 8. The van der Waals surface area contributed by atoms with Crippen molar-refractivity contribution in [2.45, 2.75) is 38.5 Å². The van der Waals surface area contributed by atoms with E-state index in [-0.39, 0.29) is 0 Å². The maximum Gasteiger partial charge on any atom is -0.0313 e. The molecule has 0 aromatic heterocycles. The molecule has 0 heterocycles. The van der Waals surface area contributed by atoms with Crippen molar-refractivity contribution >= 4 is 0 Å². The van der Waals surface area contributed by atoms with E-state index in [1.54, 1.807) is 0 Å². The molecular formula is C14H20. The zero-order chi connectivity index (χ0) is 9.90. The summed E-state index contributed by atoms with van der Waals surface area (Å²) < 4.78 is 0. The topological polar surface area (TPSA) is 0 Å². The highest BCUT2D eigenvalue weighted by molar-refractivity contribution is 5.11. The van der Waals surface area contributed by atoms with Crippen molar-refractivity contribution in [2.75, 3.05) is 0 Å². The van der Waals surface area contributed by atoms with Gasteiger partial charge in [-0.3, -0.25) is 0 Å². The van der Waals surface area contributed by atoms with Crippen LogP contribution in [0.15, 0.2) is 48.6 Å². The Morgan fingerprint density at radius 1 is 0.429 bits per heavy atom. The maximum absolute atomic E-state index is 2.32. The van der Waals surface area contributed by atoms with Crippen LogP contribution in [0.3, 0.4) is 0 Å². The third-order valence-electron chi connectivity index (χ3n) is 2.26. The van der Waals surface area contributed by atoms with Crippen LogP contribution < -0.4 is 0 Å². The molecule has 0 saturated carbocycles. The van der Waals surface area contributed by atoms with E-state index in [1.807, 2.05) is 0 Å². The van der Waals surface area contributed by atoms with Crippen molar-refractivity contribution in [3.05, 3.63) is 48.6 Å². The fraction of sp³-hybridized carbons (Fsp3) is 0.429. The fourth-order valence-electron chi connectivity index (χ4n) is 1.43. The molecule has 0 atom stereocenters. The Bertz CT molecular complexity index is 228. The van der Waals surface area contributed by atoms with Gasteiger partial charge in [-0.2, -0.15) is 0 Å². The van der Waals surface area contributed by atoms with Crippen LogP contribution in [0.1, 0.15) is 38.5 Å². The van der Waals surface area contributed by atoms with Crippen LogP contribution in [0.2, 0.25) is 0 Å². The molecule has 0 unspecified atom stereocenters. The van der Waals surface area contributed by atoms with Crippen LogP contribution in [-0.4, -0.2) is 0 Å². The van der Waals surface area contributed by atoms with Crippen molar-refractivity contribution < 1.29 is 0 Å². The first kappa shape index (κ1) is 11.0. The first-order valence-corrected chi connectivity index (χ1v) is 5.63. The monoisotopic (exact) mass is 188 g/mol. The third-order valence-corrected chi connectivity index (χ3v) is 2.26. The van der Waals surface area contributed by atoms with Crippen molar-refractivity contribution in [3.8, 4) is 0 Å². The van der Waals surface area contributed by atoms with Gasteiger partial charge in [0.25, 0.3) is 0 Å². The van der Waals surface area contributed by atoms with Crippen LogP contribution in [0.4, 0.5) is 0 Å². The Balaban J connectivity index is 2.35. The smallest absolute Gasteiger partial charge is 0.0313 e. The van der Waals surface area contributed by atoms with E-state index < -0.39 is 0 Å². The van der Waals surface area contributed by atoms with Crippen LogP contribution in [0.25, 0.3) is 0 Å². The molecule has 0 aromatic rings. The molecule has 0 spiro atoms. The van der Waals surface area contributed by atoms with E-state index in [1.165, 1.54) is 32.1 Å².